The van der Waals surface area contributed by atoms with Crippen molar-refractivity contribution in [2.24, 2.45) is 5.92 Å². The predicted octanol–water partition coefficient (Wildman–Crippen LogP) is 1.73. The molecular weight excluding hydrogens is 214 g/mol. The molecule has 0 unspecified atom stereocenters. The summed E-state index contributed by atoms with van der Waals surface area (Å²) in [6.07, 6.45) is 7.71. The van der Waals surface area contributed by atoms with E-state index in [0.29, 0.717) is 17.8 Å². The standard InChI is InChI=1S/C13H19N3O/c1-9-6-14-5-4-12(9)17-13-15-7-11(8-16-13)10-2-3-10/h7-10,12,14H,2-6H2,1H3/t9-,12+/m1/s1. The summed E-state index contributed by atoms with van der Waals surface area (Å²) in [6.45, 7) is 4.25. The van der Waals surface area contributed by atoms with Gasteiger partial charge in [-0.3, -0.25) is 0 Å². The number of hydrogen-bond acceptors (Lipinski definition) is 4. The van der Waals surface area contributed by atoms with Crippen LogP contribution >= 0.6 is 0 Å². The largest absolute Gasteiger partial charge is 0.460 e. The predicted molar refractivity (Wildman–Crippen MR) is 65.1 cm³/mol. The molecule has 1 aliphatic carbocycles. The molecule has 0 radical (unpaired) electrons. The molecule has 0 aromatic carbocycles. The highest BCUT2D eigenvalue weighted by Crippen LogP contribution is 2.39. The normalized spacial score (nSPS) is 29.0. The van der Waals surface area contributed by atoms with Gasteiger partial charge in [0, 0.05) is 24.9 Å². The molecule has 1 saturated carbocycles. The zero-order valence-electron chi connectivity index (χ0n) is 10.2. The first-order valence-corrected chi connectivity index (χ1v) is 6.52. The molecule has 1 aromatic heterocycles. The summed E-state index contributed by atoms with van der Waals surface area (Å²) in [5.74, 6) is 1.23. The quantitative estimate of drug-likeness (QED) is 0.863. The summed E-state index contributed by atoms with van der Waals surface area (Å²) in [7, 11) is 0. The van der Waals surface area contributed by atoms with E-state index in [4.69, 9.17) is 4.74 Å². The van der Waals surface area contributed by atoms with Crippen LogP contribution in [0.3, 0.4) is 0 Å². The topological polar surface area (TPSA) is 47.0 Å². The Kier molecular flexibility index (Phi) is 2.97. The van der Waals surface area contributed by atoms with Crippen molar-refractivity contribution in [1.29, 1.82) is 0 Å². The smallest absolute Gasteiger partial charge is 0.316 e. The second kappa shape index (κ2) is 4.61. The maximum absolute atomic E-state index is 5.86. The minimum atomic E-state index is 0.253. The second-order valence-corrected chi connectivity index (χ2v) is 5.20. The summed E-state index contributed by atoms with van der Waals surface area (Å²) in [4.78, 5) is 8.63. The fourth-order valence-corrected chi connectivity index (χ4v) is 2.32. The van der Waals surface area contributed by atoms with E-state index in [-0.39, 0.29) is 6.10 Å². The van der Waals surface area contributed by atoms with E-state index in [1.54, 1.807) is 0 Å². The number of hydrogen-bond donors (Lipinski definition) is 1. The summed E-state index contributed by atoms with van der Waals surface area (Å²) in [5.41, 5.74) is 1.26. The minimum absolute atomic E-state index is 0.253. The molecular formula is C13H19N3O. The van der Waals surface area contributed by atoms with Gasteiger partial charge in [-0.05, 0) is 37.3 Å². The number of aromatic nitrogens is 2. The zero-order chi connectivity index (χ0) is 11.7. The lowest BCUT2D eigenvalue weighted by Crippen LogP contribution is -2.41. The maximum atomic E-state index is 5.86. The van der Waals surface area contributed by atoms with E-state index in [1.165, 1.54) is 18.4 Å². The van der Waals surface area contributed by atoms with Gasteiger partial charge in [-0.25, -0.2) is 9.97 Å². The molecule has 0 spiro atoms. The molecule has 2 atom stereocenters. The Balaban J connectivity index is 1.63. The van der Waals surface area contributed by atoms with E-state index in [9.17, 15) is 0 Å². The van der Waals surface area contributed by atoms with Crippen molar-refractivity contribution in [2.45, 2.75) is 38.2 Å². The van der Waals surface area contributed by atoms with E-state index in [1.807, 2.05) is 12.4 Å². The molecule has 1 saturated heterocycles. The summed E-state index contributed by atoms with van der Waals surface area (Å²) in [5, 5.41) is 3.36. The molecule has 1 N–H and O–H groups in total. The van der Waals surface area contributed by atoms with Gasteiger partial charge >= 0.3 is 6.01 Å². The third kappa shape index (κ3) is 2.57. The van der Waals surface area contributed by atoms with Gasteiger partial charge in [0.25, 0.3) is 0 Å². The van der Waals surface area contributed by atoms with E-state index >= 15 is 0 Å². The molecule has 17 heavy (non-hydrogen) atoms. The van der Waals surface area contributed by atoms with Gasteiger partial charge in [-0.2, -0.15) is 0 Å². The molecule has 2 fully saturated rings. The summed E-state index contributed by atoms with van der Waals surface area (Å²) in [6, 6.07) is 0.535. The van der Waals surface area contributed by atoms with E-state index in [0.717, 1.165) is 19.5 Å². The summed E-state index contributed by atoms with van der Waals surface area (Å²) >= 11 is 0. The van der Waals surface area contributed by atoms with Crippen molar-refractivity contribution in [2.75, 3.05) is 13.1 Å². The molecule has 0 amide bonds. The molecule has 92 valence electrons. The molecule has 4 heteroatoms. The number of nitrogens with zero attached hydrogens (tertiary/aromatic N) is 2. The highest BCUT2D eigenvalue weighted by Gasteiger charge is 2.25. The van der Waals surface area contributed by atoms with Crippen LogP contribution in [0.4, 0.5) is 0 Å². The Bertz CT molecular complexity index is 375. The van der Waals surface area contributed by atoms with Crippen molar-refractivity contribution in [3.8, 4) is 6.01 Å². The lowest BCUT2D eigenvalue weighted by molar-refractivity contribution is 0.101. The van der Waals surface area contributed by atoms with E-state index < -0.39 is 0 Å². The van der Waals surface area contributed by atoms with Gasteiger partial charge in [0.15, 0.2) is 0 Å². The van der Waals surface area contributed by atoms with Crippen molar-refractivity contribution < 1.29 is 4.74 Å². The highest BCUT2D eigenvalue weighted by atomic mass is 16.5. The van der Waals surface area contributed by atoms with Crippen molar-refractivity contribution in [3.63, 3.8) is 0 Å². The Labute approximate surface area is 102 Å². The zero-order valence-corrected chi connectivity index (χ0v) is 10.2. The molecule has 0 bridgehead atoms. The molecule has 1 aliphatic heterocycles. The van der Waals surface area contributed by atoms with Gasteiger partial charge in [-0.15, -0.1) is 0 Å². The Morgan fingerprint density at radius 3 is 2.65 bits per heavy atom. The fraction of sp³-hybridized carbons (Fsp3) is 0.692. The average Bonchev–Trinajstić information content (AvgIpc) is 3.17. The van der Waals surface area contributed by atoms with Crippen LogP contribution in [0.15, 0.2) is 12.4 Å². The first-order valence-electron chi connectivity index (χ1n) is 6.52. The maximum Gasteiger partial charge on any atom is 0.316 e. The first-order chi connectivity index (χ1) is 8.33. The third-order valence-electron chi connectivity index (χ3n) is 3.66. The summed E-state index contributed by atoms with van der Waals surface area (Å²) < 4.78 is 5.86. The van der Waals surface area contributed by atoms with Gasteiger partial charge < -0.3 is 10.1 Å². The SMILES string of the molecule is C[C@@H]1CNCC[C@@H]1Oc1ncc(C2CC2)cn1. The average molecular weight is 233 g/mol. The second-order valence-electron chi connectivity index (χ2n) is 5.20. The highest BCUT2D eigenvalue weighted by molar-refractivity contribution is 5.18. The fourth-order valence-electron chi connectivity index (χ4n) is 2.32. The lowest BCUT2D eigenvalue weighted by atomic mass is 9.98. The number of piperidine rings is 1. The van der Waals surface area contributed by atoms with Crippen LogP contribution in [0.25, 0.3) is 0 Å². The van der Waals surface area contributed by atoms with Crippen LogP contribution in [0.1, 0.15) is 37.7 Å². The Hall–Kier alpha value is -1.16. The van der Waals surface area contributed by atoms with Crippen LogP contribution in [0.2, 0.25) is 0 Å². The number of nitrogens with one attached hydrogen (secondary N) is 1. The Morgan fingerprint density at radius 2 is 2.00 bits per heavy atom. The van der Waals surface area contributed by atoms with Crippen molar-refractivity contribution in [1.82, 2.24) is 15.3 Å². The van der Waals surface area contributed by atoms with Crippen LogP contribution < -0.4 is 10.1 Å². The van der Waals surface area contributed by atoms with Crippen LogP contribution in [-0.4, -0.2) is 29.2 Å². The van der Waals surface area contributed by atoms with Gasteiger partial charge in [0.1, 0.15) is 6.10 Å². The van der Waals surface area contributed by atoms with Crippen molar-refractivity contribution >= 4 is 0 Å². The number of rotatable bonds is 3. The van der Waals surface area contributed by atoms with Crippen LogP contribution in [0, 0.1) is 5.92 Å². The molecule has 4 nitrogen and oxygen atoms in total. The van der Waals surface area contributed by atoms with Crippen LogP contribution in [0.5, 0.6) is 6.01 Å². The molecule has 2 aliphatic rings. The van der Waals surface area contributed by atoms with E-state index in [2.05, 4.69) is 22.2 Å². The van der Waals surface area contributed by atoms with Crippen molar-refractivity contribution in [3.05, 3.63) is 18.0 Å². The minimum Gasteiger partial charge on any atom is -0.460 e. The number of ether oxygens (including phenoxy) is 1. The van der Waals surface area contributed by atoms with Gasteiger partial charge in [-0.1, -0.05) is 6.92 Å². The molecule has 1 aromatic rings. The van der Waals surface area contributed by atoms with Gasteiger partial charge in [0.05, 0.1) is 0 Å². The Morgan fingerprint density at radius 1 is 1.24 bits per heavy atom. The first kappa shape index (κ1) is 11.0. The lowest BCUT2D eigenvalue weighted by Gasteiger charge is -2.28. The third-order valence-corrected chi connectivity index (χ3v) is 3.66. The molecule has 3 rings (SSSR count). The molecule has 2 heterocycles. The van der Waals surface area contributed by atoms with Gasteiger partial charge in [0.2, 0.25) is 0 Å². The van der Waals surface area contributed by atoms with Crippen LogP contribution in [-0.2, 0) is 0 Å². The monoisotopic (exact) mass is 233 g/mol.